The van der Waals surface area contributed by atoms with E-state index in [1.54, 1.807) is 25.1 Å². The van der Waals surface area contributed by atoms with Gasteiger partial charge in [0, 0.05) is 18.1 Å². The zero-order valence-electron chi connectivity index (χ0n) is 14.2. The number of aliphatic hydroxyl groups is 1. The molecule has 0 spiro atoms. The first-order valence-electron chi connectivity index (χ1n) is 8.45. The van der Waals surface area contributed by atoms with E-state index in [-0.39, 0.29) is 12.5 Å². The van der Waals surface area contributed by atoms with E-state index >= 15 is 0 Å². The fraction of sp³-hybridized carbons (Fsp3) is 0.350. The van der Waals surface area contributed by atoms with Crippen LogP contribution in [0.15, 0.2) is 48.5 Å². The van der Waals surface area contributed by atoms with Crippen LogP contribution >= 0.6 is 11.6 Å². The SMILES string of the molecule is CC(Oc1cccc(CO)c1)C(=O)N1CC(Cc2ccccc2Cl)C1. The van der Waals surface area contributed by atoms with Crippen molar-refractivity contribution in [3.63, 3.8) is 0 Å². The number of likely N-dealkylation sites (tertiary alicyclic amines) is 1. The number of nitrogens with zero attached hydrogens (tertiary/aromatic N) is 1. The summed E-state index contributed by atoms with van der Waals surface area (Å²) in [6, 6.07) is 15.0. The first-order chi connectivity index (χ1) is 12.1. The first kappa shape index (κ1) is 17.8. The third kappa shape index (κ3) is 4.33. The molecule has 1 N–H and O–H groups in total. The molecule has 1 aliphatic heterocycles. The Balaban J connectivity index is 1.50. The number of amides is 1. The van der Waals surface area contributed by atoms with Crippen LogP contribution in [-0.2, 0) is 17.8 Å². The van der Waals surface area contributed by atoms with Crippen LogP contribution in [0.1, 0.15) is 18.1 Å². The van der Waals surface area contributed by atoms with Gasteiger partial charge in [0.2, 0.25) is 0 Å². The van der Waals surface area contributed by atoms with Gasteiger partial charge in [-0.25, -0.2) is 0 Å². The topological polar surface area (TPSA) is 49.8 Å². The minimum Gasteiger partial charge on any atom is -0.481 e. The summed E-state index contributed by atoms with van der Waals surface area (Å²) < 4.78 is 5.72. The molecular weight excluding hydrogens is 338 g/mol. The molecule has 1 aliphatic rings. The standard InChI is InChI=1S/C20H22ClNO3/c1-14(25-18-7-4-5-15(10-18)13-23)20(24)22-11-16(12-22)9-17-6-2-3-8-19(17)21/h2-8,10,14,16,23H,9,11-13H2,1H3. The average Bonchev–Trinajstić information content (AvgIpc) is 2.58. The molecule has 1 fully saturated rings. The van der Waals surface area contributed by atoms with Crippen molar-refractivity contribution in [3.8, 4) is 5.75 Å². The number of carbonyl (C=O) groups is 1. The van der Waals surface area contributed by atoms with Gasteiger partial charge < -0.3 is 14.7 Å². The van der Waals surface area contributed by atoms with Crippen LogP contribution in [0.2, 0.25) is 5.02 Å². The van der Waals surface area contributed by atoms with Crippen molar-refractivity contribution in [1.29, 1.82) is 0 Å². The summed E-state index contributed by atoms with van der Waals surface area (Å²) >= 11 is 6.20. The molecule has 0 saturated carbocycles. The van der Waals surface area contributed by atoms with Crippen molar-refractivity contribution in [2.24, 2.45) is 5.92 Å². The summed E-state index contributed by atoms with van der Waals surface area (Å²) in [5.41, 5.74) is 1.90. The lowest BCUT2D eigenvalue weighted by Gasteiger charge is -2.40. The maximum absolute atomic E-state index is 12.5. The van der Waals surface area contributed by atoms with E-state index in [1.165, 1.54) is 0 Å². The molecule has 0 aliphatic carbocycles. The average molecular weight is 360 g/mol. The van der Waals surface area contributed by atoms with E-state index in [0.29, 0.717) is 11.7 Å². The Labute approximate surface area is 153 Å². The predicted molar refractivity (Wildman–Crippen MR) is 97.7 cm³/mol. The minimum absolute atomic E-state index is 0.00944. The molecule has 4 nitrogen and oxygen atoms in total. The van der Waals surface area contributed by atoms with Crippen molar-refractivity contribution in [1.82, 2.24) is 4.90 Å². The monoisotopic (exact) mass is 359 g/mol. The van der Waals surface area contributed by atoms with E-state index in [2.05, 4.69) is 0 Å². The van der Waals surface area contributed by atoms with Crippen LogP contribution in [0.25, 0.3) is 0 Å². The molecular formula is C20H22ClNO3. The molecule has 1 atom stereocenters. The number of carbonyl (C=O) groups excluding carboxylic acids is 1. The van der Waals surface area contributed by atoms with Crippen LogP contribution in [-0.4, -0.2) is 35.1 Å². The van der Waals surface area contributed by atoms with Crippen molar-refractivity contribution in [2.75, 3.05) is 13.1 Å². The lowest BCUT2D eigenvalue weighted by atomic mass is 9.92. The maximum atomic E-state index is 12.5. The lowest BCUT2D eigenvalue weighted by Crippen LogP contribution is -2.54. The largest absolute Gasteiger partial charge is 0.481 e. The van der Waals surface area contributed by atoms with Crippen LogP contribution in [0.4, 0.5) is 0 Å². The van der Waals surface area contributed by atoms with Crippen molar-refractivity contribution < 1.29 is 14.6 Å². The number of rotatable bonds is 6. The van der Waals surface area contributed by atoms with Crippen LogP contribution in [0.3, 0.4) is 0 Å². The maximum Gasteiger partial charge on any atom is 0.263 e. The second kappa shape index (κ2) is 7.89. The van der Waals surface area contributed by atoms with E-state index in [1.807, 2.05) is 35.2 Å². The molecule has 1 unspecified atom stereocenters. The molecule has 1 saturated heterocycles. The van der Waals surface area contributed by atoms with E-state index in [0.717, 1.165) is 35.7 Å². The zero-order valence-corrected chi connectivity index (χ0v) is 14.9. The minimum atomic E-state index is -0.546. The van der Waals surface area contributed by atoms with Crippen molar-refractivity contribution in [2.45, 2.75) is 26.1 Å². The molecule has 3 rings (SSSR count). The molecule has 2 aromatic rings. The zero-order chi connectivity index (χ0) is 17.8. The molecule has 0 radical (unpaired) electrons. The van der Waals surface area contributed by atoms with Crippen LogP contribution < -0.4 is 4.74 Å². The van der Waals surface area contributed by atoms with E-state index in [4.69, 9.17) is 16.3 Å². The molecule has 0 bridgehead atoms. The van der Waals surface area contributed by atoms with Crippen LogP contribution in [0.5, 0.6) is 5.75 Å². The highest BCUT2D eigenvalue weighted by molar-refractivity contribution is 6.31. The highest BCUT2D eigenvalue weighted by Crippen LogP contribution is 2.25. The van der Waals surface area contributed by atoms with Gasteiger partial charge in [-0.3, -0.25) is 4.79 Å². The summed E-state index contributed by atoms with van der Waals surface area (Å²) in [4.78, 5) is 14.3. The van der Waals surface area contributed by atoms with Gasteiger partial charge in [0.15, 0.2) is 6.10 Å². The summed E-state index contributed by atoms with van der Waals surface area (Å²) in [5, 5.41) is 9.96. The predicted octanol–water partition coefficient (Wildman–Crippen LogP) is 3.30. The van der Waals surface area contributed by atoms with Crippen molar-refractivity contribution >= 4 is 17.5 Å². The van der Waals surface area contributed by atoms with Gasteiger partial charge in [-0.1, -0.05) is 41.9 Å². The normalized spacial score (nSPS) is 15.6. The third-order valence-electron chi connectivity index (χ3n) is 4.48. The fourth-order valence-electron chi connectivity index (χ4n) is 3.08. The Morgan fingerprint density at radius 2 is 2.04 bits per heavy atom. The Kier molecular flexibility index (Phi) is 5.61. The Morgan fingerprint density at radius 1 is 1.28 bits per heavy atom. The van der Waals surface area contributed by atoms with E-state index in [9.17, 15) is 9.90 Å². The third-order valence-corrected chi connectivity index (χ3v) is 4.85. The van der Waals surface area contributed by atoms with Gasteiger partial charge in [-0.15, -0.1) is 0 Å². The first-order valence-corrected chi connectivity index (χ1v) is 8.83. The van der Waals surface area contributed by atoms with Gasteiger partial charge >= 0.3 is 0 Å². The summed E-state index contributed by atoms with van der Waals surface area (Å²) in [6.07, 6.45) is 0.340. The van der Waals surface area contributed by atoms with Gasteiger partial charge in [0.05, 0.1) is 6.61 Å². The number of hydrogen-bond acceptors (Lipinski definition) is 3. The molecule has 1 heterocycles. The highest BCUT2D eigenvalue weighted by Gasteiger charge is 2.33. The Morgan fingerprint density at radius 3 is 2.76 bits per heavy atom. The molecule has 5 heteroatoms. The molecule has 0 aromatic heterocycles. The molecule has 132 valence electrons. The number of halogens is 1. The number of benzene rings is 2. The quantitative estimate of drug-likeness (QED) is 0.861. The highest BCUT2D eigenvalue weighted by atomic mass is 35.5. The van der Waals surface area contributed by atoms with Gasteiger partial charge in [-0.2, -0.15) is 0 Å². The second-order valence-electron chi connectivity index (χ2n) is 6.47. The Bertz CT molecular complexity index is 743. The lowest BCUT2D eigenvalue weighted by molar-refractivity contribution is -0.144. The molecule has 1 amide bonds. The van der Waals surface area contributed by atoms with Crippen molar-refractivity contribution in [3.05, 3.63) is 64.7 Å². The summed E-state index contributed by atoms with van der Waals surface area (Å²) in [7, 11) is 0. The number of ether oxygens (including phenoxy) is 1. The summed E-state index contributed by atoms with van der Waals surface area (Å²) in [6.45, 7) is 3.17. The summed E-state index contributed by atoms with van der Waals surface area (Å²) in [5.74, 6) is 1.03. The van der Waals surface area contributed by atoms with E-state index < -0.39 is 6.10 Å². The van der Waals surface area contributed by atoms with Gasteiger partial charge in [-0.05, 0) is 48.6 Å². The smallest absolute Gasteiger partial charge is 0.263 e. The number of aliphatic hydroxyl groups excluding tert-OH is 1. The van der Waals surface area contributed by atoms with Gasteiger partial charge in [0.1, 0.15) is 5.75 Å². The molecule has 25 heavy (non-hydrogen) atoms. The van der Waals surface area contributed by atoms with Crippen LogP contribution in [0, 0.1) is 5.92 Å². The van der Waals surface area contributed by atoms with Gasteiger partial charge in [0.25, 0.3) is 5.91 Å². The fourth-order valence-corrected chi connectivity index (χ4v) is 3.30. The Hall–Kier alpha value is -2.04. The molecule has 2 aromatic carbocycles. The second-order valence-corrected chi connectivity index (χ2v) is 6.88. The number of hydrogen-bond donors (Lipinski definition) is 1.